The molecule has 0 spiro atoms. The van der Waals surface area contributed by atoms with Crippen LogP contribution in [0, 0.1) is 5.92 Å². The van der Waals surface area contributed by atoms with Crippen LogP contribution in [0.3, 0.4) is 0 Å². The lowest BCUT2D eigenvalue weighted by atomic mass is 9.87. The van der Waals surface area contributed by atoms with Crippen molar-refractivity contribution in [1.82, 2.24) is 0 Å². The van der Waals surface area contributed by atoms with Crippen LogP contribution in [-0.2, 0) is 6.42 Å². The van der Waals surface area contributed by atoms with Crippen LogP contribution >= 0.6 is 11.6 Å². The lowest BCUT2D eigenvalue weighted by Gasteiger charge is -2.19. The van der Waals surface area contributed by atoms with Crippen molar-refractivity contribution < 1.29 is 0 Å². The molecule has 2 aliphatic rings. The molecule has 0 aromatic heterocycles. The minimum absolute atomic E-state index is 0.872. The Bertz CT molecular complexity index is 439. The van der Waals surface area contributed by atoms with E-state index in [1.54, 1.807) is 5.57 Å². The molecule has 2 aliphatic carbocycles. The Morgan fingerprint density at radius 3 is 2.76 bits per heavy atom. The largest absolute Gasteiger partial charge is 0.0843 e. The Balaban J connectivity index is 1.77. The van der Waals surface area contributed by atoms with Gasteiger partial charge in [-0.05, 0) is 48.4 Å². The van der Waals surface area contributed by atoms with E-state index in [1.165, 1.54) is 56.1 Å². The number of rotatable bonds is 2. The second kappa shape index (κ2) is 4.86. The predicted octanol–water partition coefficient (Wildman–Crippen LogP) is 5.25. The van der Waals surface area contributed by atoms with Gasteiger partial charge in [-0.15, -0.1) is 0 Å². The van der Waals surface area contributed by atoms with E-state index < -0.39 is 0 Å². The van der Waals surface area contributed by atoms with Gasteiger partial charge < -0.3 is 0 Å². The third-order valence-electron chi connectivity index (χ3n) is 4.21. The van der Waals surface area contributed by atoms with Crippen molar-refractivity contribution in [2.24, 2.45) is 5.92 Å². The van der Waals surface area contributed by atoms with Crippen molar-refractivity contribution in [1.29, 1.82) is 0 Å². The molecule has 0 N–H and O–H groups in total. The van der Waals surface area contributed by atoms with E-state index in [-0.39, 0.29) is 0 Å². The number of aryl methyl sites for hydroxylation is 1. The Hall–Kier alpha value is -0.750. The second-order valence-corrected chi connectivity index (χ2v) is 5.94. The van der Waals surface area contributed by atoms with Crippen LogP contribution in [0.1, 0.15) is 49.7 Å². The van der Waals surface area contributed by atoms with E-state index in [2.05, 4.69) is 18.2 Å². The average Bonchev–Trinajstić information content (AvgIpc) is 2.82. The summed E-state index contributed by atoms with van der Waals surface area (Å²) < 4.78 is 0. The first kappa shape index (κ1) is 11.3. The van der Waals surface area contributed by atoms with Crippen LogP contribution in [-0.4, -0.2) is 0 Å². The Morgan fingerprint density at radius 2 is 1.94 bits per heavy atom. The molecular formula is C16H19Cl. The molecule has 0 aliphatic heterocycles. The molecule has 90 valence electrons. The highest BCUT2D eigenvalue weighted by molar-refractivity contribution is 6.30. The smallest absolute Gasteiger partial charge is 0.0409 e. The molecule has 1 fully saturated rings. The van der Waals surface area contributed by atoms with E-state index >= 15 is 0 Å². The fourth-order valence-electron chi connectivity index (χ4n) is 3.27. The summed E-state index contributed by atoms with van der Waals surface area (Å²) >= 11 is 6.03. The van der Waals surface area contributed by atoms with Gasteiger partial charge in [0.1, 0.15) is 0 Å². The van der Waals surface area contributed by atoms with Gasteiger partial charge in [-0.3, -0.25) is 0 Å². The molecule has 0 nitrogen and oxygen atoms in total. The number of allylic oxidation sites excluding steroid dienone is 1. The van der Waals surface area contributed by atoms with Crippen molar-refractivity contribution in [3.63, 3.8) is 0 Å². The van der Waals surface area contributed by atoms with Crippen molar-refractivity contribution in [2.75, 3.05) is 0 Å². The van der Waals surface area contributed by atoms with Crippen LogP contribution < -0.4 is 0 Å². The van der Waals surface area contributed by atoms with Gasteiger partial charge >= 0.3 is 0 Å². The summed E-state index contributed by atoms with van der Waals surface area (Å²) in [6.45, 7) is 0. The van der Waals surface area contributed by atoms with Gasteiger partial charge in [0.05, 0.1) is 0 Å². The first-order chi connectivity index (χ1) is 8.31. The van der Waals surface area contributed by atoms with Gasteiger partial charge in [-0.25, -0.2) is 0 Å². The SMILES string of the molecule is Clc1ccc2c(c1)CCC(CC1CCCC1)=C2. The zero-order valence-electron chi connectivity index (χ0n) is 10.2. The highest BCUT2D eigenvalue weighted by Crippen LogP contribution is 2.35. The highest BCUT2D eigenvalue weighted by atomic mass is 35.5. The molecule has 0 atom stereocenters. The molecule has 17 heavy (non-hydrogen) atoms. The average molecular weight is 247 g/mol. The van der Waals surface area contributed by atoms with Gasteiger partial charge in [-0.1, -0.05) is 55.0 Å². The summed E-state index contributed by atoms with van der Waals surface area (Å²) in [5, 5.41) is 0.872. The van der Waals surface area contributed by atoms with Crippen molar-refractivity contribution >= 4 is 17.7 Å². The third kappa shape index (κ3) is 2.57. The summed E-state index contributed by atoms with van der Waals surface area (Å²) in [5.41, 5.74) is 4.48. The van der Waals surface area contributed by atoms with Gasteiger partial charge in [-0.2, -0.15) is 0 Å². The standard InChI is InChI=1S/C16H19Cl/c17-16-8-7-14-10-13(5-6-15(14)11-16)9-12-3-1-2-4-12/h7-8,10-12H,1-6,9H2. The number of benzene rings is 1. The van der Waals surface area contributed by atoms with E-state index in [9.17, 15) is 0 Å². The van der Waals surface area contributed by atoms with Crippen molar-refractivity contribution in [2.45, 2.75) is 44.9 Å². The van der Waals surface area contributed by atoms with E-state index in [4.69, 9.17) is 11.6 Å². The normalized spacial score (nSPS) is 20.2. The first-order valence-electron chi connectivity index (χ1n) is 6.79. The molecular weight excluding hydrogens is 228 g/mol. The lowest BCUT2D eigenvalue weighted by molar-refractivity contribution is 0.534. The molecule has 3 rings (SSSR count). The molecule has 0 unspecified atom stereocenters. The Kier molecular flexibility index (Phi) is 3.24. The van der Waals surface area contributed by atoms with Crippen LogP contribution in [0.4, 0.5) is 0 Å². The number of hydrogen-bond donors (Lipinski definition) is 0. The molecule has 0 amide bonds. The van der Waals surface area contributed by atoms with Crippen molar-refractivity contribution in [3.05, 3.63) is 39.9 Å². The molecule has 1 saturated carbocycles. The van der Waals surface area contributed by atoms with Crippen LogP contribution in [0.15, 0.2) is 23.8 Å². The highest BCUT2D eigenvalue weighted by Gasteiger charge is 2.18. The second-order valence-electron chi connectivity index (χ2n) is 5.50. The van der Waals surface area contributed by atoms with Crippen LogP contribution in [0.5, 0.6) is 0 Å². The Labute approximate surface area is 109 Å². The zero-order valence-corrected chi connectivity index (χ0v) is 11.0. The van der Waals surface area contributed by atoms with Gasteiger partial charge in [0, 0.05) is 5.02 Å². The maximum atomic E-state index is 6.03. The zero-order chi connectivity index (χ0) is 11.7. The lowest BCUT2D eigenvalue weighted by Crippen LogP contribution is -2.03. The summed E-state index contributed by atoms with van der Waals surface area (Å²) in [6, 6.07) is 6.31. The monoisotopic (exact) mass is 246 g/mol. The van der Waals surface area contributed by atoms with Crippen LogP contribution in [0.25, 0.3) is 6.08 Å². The quantitative estimate of drug-likeness (QED) is 0.669. The molecule has 0 saturated heterocycles. The number of hydrogen-bond acceptors (Lipinski definition) is 0. The maximum absolute atomic E-state index is 6.03. The summed E-state index contributed by atoms with van der Waals surface area (Å²) in [4.78, 5) is 0. The topological polar surface area (TPSA) is 0 Å². The first-order valence-corrected chi connectivity index (χ1v) is 7.17. The van der Waals surface area contributed by atoms with Gasteiger partial charge in [0.25, 0.3) is 0 Å². The number of halogens is 1. The Morgan fingerprint density at radius 1 is 1.12 bits per heavy atom. The molecule has 0 bridgehead atoms. The molecule has 0 heterocycles. The van der Waals surface area contributed by atoms with Gasteiger partial charge in [0.15, 0.2) is 0 Å². The minimum Gasteiger partial charge on any atom is -0.0843 e. The molecule has 0 radical (unpaired) electrons. The fraction of sp³-hybridized carbons (Fsp3) is 0.500. The van der Waals surface area contributed by atoms with E-state index in [0.29, 0.717) is 0 Å². The van der Waals surface area contributed by atoms with Crippen LogP contribution in [0.2, 0.25) is 5.02 Å². The summed E-state index contributed by atoms with van der Waals surface area (Å²) in [5.74, 6) is 0.968. The summed E-state index contributed by atoms with van der Waals surface area (Å²) in [6.07, 6.45) is 12.0. The minimum atomic E-state index is 0.872. The number of fused-ring (bicyclic) bond motifs is 1. The van der Waals surface area contributed by atoms with Gasteiger partial charge in [0.2, 0.25) is 0 Å². The molecule has 1 heteroatoms. The third-order valence-corrected chi connectivity index (χ3v) is 4.44. The fourth-order valence-corrected chi connectivity index (χ4v) is 3.46. The molecule has 1 aromatic carbocycles. The van der Waals surface area contributed by atoms with E-state index in [1.807, 2.05) is 6.07 Å². The van der Waals surface area contributed by atoms with E-state index in [0.717, 1.165) is 10.9 Å². The van der Waals surface area contributed by atoms with Crippen molar-refractivity contribution in [3.8, 4) is 0 Å². The summed E-state index contributed by atoms with van der Waals surface area (Å²) in [7, 11) is 0. The predicted molar refractivity (Wildman–Crippen MR) is 74.3 cm³/mol. The molecule has 1 aromatic rings. The maximum Gasteiger partial charge on any atom is 0.0409 e.